The molecule has 19 heavy (non-hydrogen) atoms. The second kappa shape index (κ2) is 6.38. The van der Waals surface area contributed by atoms with Crippen LogP contribution in [-0.4, -0.2) is 0 Å². The van der Waals surface area contributed by atoms with Gasteiger partial charge in [0, 0.05) is 10.0 Å². The summed E-state index contributed by atoms with van der Waals surface area (Å²) in [5.41, 5.74) is -2.77. The molecule has 0 amide bonds. The third kappa shape index (κ3) is 4.90. The molecule has 0 aliphatic carbocycles. The van der Waals surface area contributed by atoms with E-state index in [0.717, 1.165) is 0 Å². The lowest BCUT2D eigenvalue weighted by molar-refractivity contribution is 0.507. The number of hydrogen-bond acceptors (Lipinski definition) is 3. The summed E-state index contributed by atoms with van der Waals surface area (Å²) in [6.45, 7) is 0. The van der Waals surface area contributed by atoms with Gasteiger partial charge < -0.3 is 9.05 Å². The fourth-order valence-corrected chi connectivity index (χ4v) is 3.57. The van der Waals surface area contributed by atoms with E-state index in [1.165, 1.54) is 0 Å². The van der Waals surface area contributed by atoms with Crippen LogP contribution in [0.5, 0.6) is 11.5 Å². The molecule has 0 atom stereocenters. The van der Waals surface area contributed by atoms with Gasteiger partial charge in [-0.25, -0.2) is 0 Å². The van der Waals surface area contributed by atoms with E-state index in [9.17, 15) is 0 Å². The van der Waals surface area contributed by atoms with Crippen molar-refractivity contribution in [1.29, 1.82) is 0 Å². The molecular formula is C12H9Cl2O2PS2. The van der Waals surface area contributed by atoms with Crippen molar-refractivity contribution >= 4 is 53.0 Å². The Balaban J connectivity index is 2.12. The first kappa shape index (κ1) is 15.0. The van der Waals surface area contributed by atoms with Gasteiger partial charge >= 0.3 is 5.69 Å². The highest BCUT2D eigenvalue weighted by atomic mass is 35.5. The van der Waals surface area contributed by atoms with E-state index in [1.54, 1.807) is 48.5 Å². The van der Waals surface area contributed by atoms with Crippen LogP contribution in [0.1, 0.15) is 0 Å². The number of hydrogen-bond donors (Lipinski definition) is 1. The van der Waals surface area contributed by atoms with Crippen LogP contribution in [0.4, 0.5) is 0 Å². The van der Waals surface area contributed by atoms with E-state index in [-0.39, 0.29) is 0 Å². The molecule has 0 spiro atoms. The first-order valence-corrected chi connectivity index (χ1v) is 9.72. The summed E-state index contributed by atoms with van der Waals surface area (Å²) < 4.78 is 11.1. The first-order chi connectivity index (χ1) is 8.94. The van der Waals surface area contributed by atoms with E-state index in [4.69, 9.17) is 44.1 Å². The molecule has 0 aliphatic rings. The second-order valence-corrected chi connectivity index (χ2v) is 9.57. The van der Waals surface area contributed by atoms with Crippen LogP contribution in [0.3, 0.4) is 0 Å². The highest BCUT2D eigenvalue weighted by Gasteiger charge is 2.17. The van der Waals surface area contributed by atoms with Gasteiger partial charge in [0.2, 0.25) is 0 Å². The van der Waals surface area contributed by atoms with Crippen LogP contribution >= 0.6 is 41.1 Å². The number of halogens is 2. The van der Waals surface area contributed by atoms with E-state index in [1.807, 2.05) is 0 Å². The molecule has 0 heterocycles. The summed E-state index contributed by atoms with van der Waals surface area (Å²) in [7, 11) is 0. The fourth-order valence-electron chi connectivity index (χ4n) is 1.33. The molecule has 0 aromatic heterocycles. The number of rotatable bonds is 4. The van der Waals surface area contributed by atoms with E-state index in [2.05, 4.69) is 12.2 Å². The molecule has 7 heteroatoms. The van der Waals surface area contributed by atoms with Crippen molar-refractivity contribution in [1.82, 2.24) is 0 Å². The molecule has 0 N–H and O–H groups in total. The Morgan fingerprint density at radius 3 is 1.68 bits per heavy atom. The van der Waals surface area contributed by atoms with Crippen molar-refractivity contribution in [2.75, 3.05) is 0 Å². The molecule has 0 radical (unpaired) electrons. The maximum Gasteiger partial charge on any atom is 0.345 e. The van der Waals surface area contributed by atoms with Crippen LogP contribution < -0.4 is 9.05 Å². The predicted molar refractivity (Wildman–Crippen MR) is 87.4 cm³/mol. The molecule has 2 aromatic rings. The zero-order valence-electron chi connectivity index (χ0n) is 9.49. The Morgan fingerprint density at radius 1 is 0.895 bits per heavy atom. The average molecular weight is 351 g/mol. The van der Waals surface area contributed by atoms with Gasteiger partial charge in [0.25, 0.3) is 0 Å². The molecule has 2 aromatic carbocycles. The largest absolute Gasteiger partial charge is 0.428 e. The smallest absolute Gasteiger partial charge is 0.345 e. The fraction of sp³-hybridized carbons (Fsp3) is 0. The third-order valence-corrected chi connectivity index (χ3v) is 4.32. The highest BCUT2D eigenvalue weighted by molar-refractivity contribution is 8.60. The second-order valence-electron chi connectivity index (χ2n) is 3.57. The Bertz CT molecular complexity index is 585. The van der Waals surface area contributed by atoms with Gasteiger partial charge in [-0.15, -0.1) is 0 Å². The minimum absolute atomic E-state index is 0.521. The molecule has 0 bridgehead atoms. The lowest BCUT2D eigenvalue weighted by Crippen LogP contribution is -1.95. The van der Waals surface area contributed by atoms with Crippen molar-refractivity contribution in [2.24, 2.45) is 0 Å². The zero-order chi connectivity index (χ0) is 13.9. The molecule has 2 rings (SSSR count). The predicted octanol–water partition coefficient (Wildman–Crippen LogP) is 5.61. The number of benzene rings is 2. The topological polar surface area (TPSA) is 18.5 Å². The Labute approximate surface area is 132 Å². The standard InChI is InChI=1S/C12H9Cl2O2PS2/c13-9-3-1-5-11(7-9)15-17(18,19)16-12-6-2-4-10(14)8-12/h1-8H,(H,18,19). The summed E-state index contributed by atoms with van der Waals surface area (Å²) in [4.78, 5) is 0. The molecule has 0 saturated heterocycles. The lowest BCUT2D eigenvalue weighted by Gasteiger charge is -2.18. The van der Waals surface area contributed by atoms with Crippen molar-refractivity contribution in [3.8, 4) is 11.5 Å². The van der Waals surface area contributed by atoms with Crippen molar-refractivity contribution < 1.29 is 9.05 Å². The van der Waals surface area contributed by atoms with Crippen LogP contribution in [0.25, 0.3) is 0 Å². The molecule has 0 saturated carbocycles. The summed E-state index contributed by atoms with van der Waals surface area (Å²) in [5.74, 6) is 1.04. The quantitative estimate of drug-likeness (QED) is 0.571. The first-order valence-electron chi connectivity index (χ1n) is 5.18. The third-order valence-electron chi connectivity index (χ3n) is 2.03. The van der Waals surface area contributed by atoms with Gasteiger partial charge in [-0.05, 0) is 48.2 Å². The van der Waals surface area contributed by atoms with Crippen LogP contribution in [0.15, 0.2) is 48.5 Å². The Hall–Kier alpha value is -0.380. The van der Waals surface area contributed by atoms with Crippen LogP contribution in [0, 0.1) is 0 Å². The minimum atomic E-state index is -2.77. The average Bonchev–Trinajstić information content (AvgIpc) is 2.27. The normalized spacial score (nSPS) is 11.1. The van der Waals surface area contributed by atoms with E-state index in [0.29, 0.717) is 21.5 Å². The molecular weight excluding hydrogens is 342 g/mol. The Kier molecular flexibility index (Phi) is 5.04. The minimum Gasteiger partial charge on any atom is -0.428 e. The van der Waals surface area contributed by atoms with Crippen molar-refractivity contribution in [3.63, 3.8) is 0 Å². The number of thiol groups is 1. The van der Waals surface area contributed by atoms with Gasteiger partial charge in [-0.1, -0.05) is 47.6 Å². The molecule has 0 aliphatic heterocycles. The van der Waals surface area contributed by atoms with Crippen LogP contribution in [-0.2, 0) is 11.8 Å². The van der Waals surface area contributed by atoms with E-state index < -0.39 is 5.69 Å². The molecule has 2 nitrogen and oxygen atoms in total. The van der Waals surface area contributed by atoms with Gasteiger partial charge in [0.05, 0.1) is 0 Å². The lowest BCUT2D eigenvalue weighted by atomic mass is 10.3. The van der Waals surface area contributed by atoms with Gasteiger partial charge in [-0.2, -0.15) is 0 Å². The molecule has 0 fully saturated rings. The van der Waals surface area contributed by atoms with E-state index >= 15 is 0 Å². The summed E-state index contributed by atoms with van der Waals surface area (Å²) in [6, 6.07) is 13.8. The van der Waals surface area contributed by atoms with Crippen molar-refractivity contribution in [3.05, 3.63) is 58.6 Å². The zero-order valence-corrected chi connectivity index (χ0v) is 13.6. The van der Waals surface area contributed by atoms with Crippen molar-refractivity contribution in [2.45, 2.75) is 0 Å². The van der Waals surface area contributed by atoms with Gasteiger partial charge in [0.1, 0.15) is 11.5 Å². The van der Waals surface area contributed by atoms with Gasteiger partial charge in [0.15, 0.2) is 0 Å². The maximum absolute atomic E-state index is 5.87. The van der Waals surface area contributed by atoms with Gasteiger partial charge in [-0.3, -0.25) is 0 Å². The maximum atomic E-state index is 5.87. The molecule has 0 unspecified atom stereocenters. The molecule has 100 valence electrons. The Morgan fingerprint density at radius 2 is 1.32 bits per heavy atom. The van der Waals surface area contributed by atoms with Crippen LogP contribution in [0.2, 0.25) is 10.0 Å². The summed E-state index contributed by atoms with van der Waals surface area (Å²) >= 11 is 21.3. The monoisotopic (exact) mass is 350 g/mol. The summed E-state index contributed by atoms with van der Waals surface area (Å²) in [5, 5.41) is 1.12. The summed E-state index contributed by atoms with van der Waals surface area (Å²) in [6.07, 6.45) is 0. The SMILES string of the molecule is S=P(S)(Oc1cccc(Cl)c1)Oc1cccc(Cl)c1. The highest BCUT2D eigenvalue weighted by Crippen LogP contribution is 2.53.